The van der Waals surface area contributed by atoms with Gasteiger partial charge in [0.05, 0.1) is 0 Å². The lowest BCUT2D eigenvalue weighted by molar-refractivity contribution is 0.102. The van der Waals surface area contributed by atoms with Gasteiger partial charge in [-0.1, -0.05) is 32.6 Å². The van der Waals surface area contributed by atoms with Crippen molar-refractivity contribution in [3.63, 3.8) is 0 Å². The molecule has 2 fully saturated rings. The zero-order valence-electron chi connectivity index (χ0n) is 12.7. The molecule has 1 N–H and O–H groups in total. The Hall–Kier alpha value is -0.0800. The van der Waals surface area contributed by atoms with Crippen LogP contribution in [0.3, 0.4) is 0 Å². The number of nitrogens with one attached hydrogen (secondary N) is 1. The summed E-state index contributed by atoms with van der Waals surface area (Å²) in [4.78, 5) is 2.69. The molecule has 0 radical (unpaired) electrons. The molecule has 2 heteroatoms. The first-order valence-corrected chi connectivity index (χ1v) is 8.00. The first-order chi connectivity index (χ1) is 8.65. The van der Waals surface area contributed by atoms with Crippen molar-refractivity contribution >= 4 is 0 Å². The van der Waals surface area contributed by atoms with Crippen LogP contribution < -0.4 is 5.32 Å². The molecule has 0 spiro atoms. The van der Waals surface area contributed by atoms with Gasteiger partial charge in [-0.3, -0.25) is 0 Å². The number of nitrogens with zero attached hydrogens (tertiary/aromatic N) is 1. The van der Waals surface area contributed by atoms with Gasteiger partial charge in [0.15, 0.2) is 0 Å². The fourth-order valence-corrected chi connectivity index (χ4v) is 4.35. The Bertz CT molecular complexity index is 245. The van der Waals surface area contributed by atoms with Crippen LogP contribution in [0.2, 0.25) is 0 Å². The Kier molecular flexibility index (Phi) is 5.08. The maximum absolute atomic E-state index is 3.44. The van der Waals surface area contributed by atoms with E-state index in [2.05, 4.69) is 31.2 Å². The molecule has 106 valence electrons. The molecule has 0 aromatic heterocycles. The van der Waals surface area contributed by atoms with Crippen molar-refractivity contribution in [3.8, 4) is 0 Å². The largest absolute Gasteiger partial charge is 0.319 e. The molecule has 0 heterocycles. The van der Waals surface area contributed by atoms with Crippen molar-refractivity contribution in [2.24, 2.45) is 11.3 Å². The van der Waals surface area contributed by atoms with Gasteiger partial charge in [0.2, 0.25) is 0 Å². The highest BCUT2D eigenvalue weighted by molar-refractivity contribution is 4.90. The van der Waals surface area contributed by atoms with E-state index < -0.39 is 0 Å². The lowest BCUT2D eigenvalue weighted by Crippen LogP contribution is -2.45. The second-order valence-electron chi connectivity index (χ2n) is 7.08. The Balaban J connectivity index is 1.89. The van der Waals surface area contributed by atoms with E-state index in [1.807, 2.05) is 0 Å². The van der Waals surface area contributed by atoms with E-state index in [1.165, 1.54) is 64.5 Å². The second kappa shape index (κ2) is 6.38. The molecule has 0 amide bonds. The minimum Gasteiger partial charge on any atom is -0.319 e. The Morgan fingerprint density at radius 2 is 1.89 bits per heavy atom. The van der Waals surface area contributed by atoms with E-state index in [-0.39, 0.29) is 0 Å². The summed E-state index contributed by atoms with van der Waals surface area (Å²) in [7, 11) is 4.49. The van der Waals surface area contributed by atoms with Gasteiger partial charge in [-0.05, 0) is 51.1 Å². The molecule has 2 unspecified atom stereocenters. The van der Waals surface area contributed by atoms with E-state index >= 15 is 0 Å². The third kappa shape index (κ3) is 3.48. The molecule has 0 bridgehead atoms. The van der Waals surface area contributed by atoms with Gasteiger partial charge in [0.25, 0.3) is 0 Å². The minimum absolute atomic E-state index is 0.574. The van der Waals surface area contributed by atoms with E-state index in [1.54, 1.807) is 0 Å². The van der Waals surface area contributed by atoms with Crippen LogP contribution in [0, 0.1) is 11.3 Å². The quantitative estimate of drug-likeness (QED) is 0.808. The topological polar surface area (TPSA) is 15.3 Å². The summed E-state index contributed by atoms with van der Waals surface area (Å²) in [6, 6.07) is 0.850. The lowest BCUT2D eigenvalue weighted by Gasteiger charge is -2.40. The Labute approximate surface area is 114 Å². The van der Waals surface area contributed by atoms with Crippen LogP contribution in [0.15, 0.2) is 0 Å². The van der Waals surface area contributed by atoms with Crippen molar-refractivity contribution in [1.82, 2.24) is 10.2 Å². The molecule has 0 aromatic rings. The lowest BCUT2D eigenvalue weighted by atomic mass is 9.82. The van der Waals surface area contributed by atoms with Crippen molar-refractivity contribution in [2.75, 3.05) is 27.2 Å². The van der Waals surface area contributed by atoms with Crippen LogP contribution in [-0.2, 0) is 0 Å². The van der Waals surface area contributed by atoms with Crippen molar-refractivity contribution < 1.29 is 0 Å². The summed E-state index contributed by atoms with van der Waals surface area (Å²) in [5.74, 6) is 0.940. The molecule has 18 heavy (non-hydrogen) atoms. The molecule has 0 aromatic carbocycles. The molecule has 2 aliphatic rings. The number of rotatable bonds is 5. The van der Waals surface area contributed by atoms with Crippen molar-refractivity contribution in [1.29, 1.82) is 0 Å². The van der Waals surface area contributed by atoms with Crippen molar-refractivity contribution in [2.45, 2.75) is 64.3 Å². The summed E-state index contributed by atoms with van der Waals surface area (Å²) < 4.78 is 0. The average Bonchev–Trinajstić information content (AvgIpc) is 2.78. The van der Waals surface area contributed by atoms with Crippen LogP contribution in [0.1, 0.15) is 58.3 Å². The van der Waals surface area contributed by atoms with Gasteiger partial charge in [-0.2, -0.15) is 0 Å². The molecule has 2 rings (SSSR count). The van der Waals surface area contributed by atoms with Gasteiger partial charge in [-0.25, -0.2) is 0 Å². The molecule has 2 aliphatic carbocycles. The van der Waals surface area contributed by atoms with Gasteiger partial charge in [0, 0.05) is 19.1 Å². The fraction of sp³-hybridized carbons (Fsp3) is 1.00. The van der Waals surface area contributed by atoms with Crippen LogP contribution in [-0.4, -0.2) is 38.1 Å². The smallest absolute Gasteiger partial charge is 0.00949 e. The summed E-state index contributed by atoms with van der Waals surface area (Å²) in [6.45, 7) is 4.95. The zero-order valence-corrected chi connectivity index (χ0v) is 12.7. The summed E-state index contributed by atoms with van der Waals surface area (Å²) in [5, 5.41) is 3.44. The van der Waals surface area contributed by atoms with Gasteiger partial charge < -0.3 is 10.2 Å². The zero-order chi connectivity index (χ0) is 13.0. The maximum Gasteiger partial charge on any atom is 0.00949 e. The van der Waals surface area contributed by atoms with E-state index in [4.69, 9.17) is 0 Å². The molecular formula is C16H32N2. The minimum atomic E-state index is 0.574. The highest BCUT2D eigenvalue weighted by atomic mass is 15.1. The maximum atomic E-state index is 3.44. The monoisotopic (exact) mass is 252 g/mol. The van der Waals surface area contributed by atoms with Gasteiger partial charge in [0.1, 0.15) is 0 Å². The standard InChI is InChI=1S/C16H32N2/c1-14-7-6-8-15(11-14)18(3)13-16(12-17-2)9-4-5-10-16/h14-15,17H,4-13H2,1-3H3. The van der Waals surface area contributed by atoms with Crippen LogP contribution in [0.4, 0.5) is 0 Å². The van der Waals surface area contributed by atoms with E-state index in [0.717, 1.165) is 12.0 Å². The number of hydrogen-bond acceptors (Lipinski definition) is 2. The van der Waals surface area contributed by atoms with E-state index in [9.17, 15) is 0 Å². The molecule has 0 aliphatic heterocycles. The SMILES string of the molecule is CNCC1(CN(C)C2CCCC(C)C2)CCCC1. The Morgan fingerprint density at radius 1 is 1.17 bits per heavy atom. The third-order valence-electron chi connectivity index (χ3n) is 5.33. The van der Waals surface area contributed by atoms with Gasteiger partial charge in [-0.15, -0.1) is 0 Å². The second-order valence-corrected chi connectivity index (χ2v) is 7.08. The fourth-order valence-electron chi connectivity index (χ4n) is 4.35. The van der Waals surface area contributed by atoms with Crippen molar-refractivity contribution in [3.05, 3.63) is 0 Å². The first-order valence-electron chi connectivity index (χ1n) is 8.00. The summed E-state index contributed by atoms with van der Waals surface area (Å²) >= 11 is 0. The Morgan fingerprint density at radius 3 is 2.50 bits per heavy atom. The van der Waals surface area contributed by atoms with Crippen LogP contribution >= 0.6 is 0 Å². The molecule has 0 saturated heterocycles. The summed E-state index contributed by atoms with van der Waals surface area (Å²) in [6.07, 6.45) is 11.5. The molecule has 2 saturated carbocycles. The highest BCUT2D eigenvalue weighted by Gasteiger charge is 2.36. The predicted molar refractivity (Wildman–Crippen MR) is 78.9 cm³/mol. The molecule has 2 nitrogen and oxygen atoms in total. The normalized spacial score (nSPS) is 32.0. The first kappa shape index (κ1) is 14.3. The molecular weight excluding hydrogens is 220 g/mol. The van der Waals surface area contributed by atoms with Crippen LogP contribution in [0.25, 0.3) is 0 Å². The third-order valence-corrected chi connectivity index (χ3v) is 5.33. The molecule has 2 atom stereocenters. The van der Waals surface area contributed by atoms with Gasteiger partial charge >= 0.3 is 0 Å². The predicted octanol–water partition coefficient (Wildman–Crippen LogP) is 3.28. The summed E-state index contributed by atoms with van der Waals surface area (Å²) in [5.41, 5.74) is 0.574. The number of hydrogen-bond donors (Lipinski definition) is 1. The highest BCUT2D eigenvalue weighted by Crippen LogP contribution is 2.39. The van der Waals surface area contributed by atoms with E-state index in [0.29, 0.717) is 5.41 Å². The average molecular weight is 252 g/mol. The van der Waals surface area contributed by atoms with Crippen LogP contribution in [0.5, 0.6) is 0 Å².